The maximum absolute atomic E-state index is 12.4. The highest BCUT2D eigenvalue weighted by Gasteiger charge is 2.06. The second kappa shape index (κ2) is 6.75. The van der Waals surface area contributed by atoms with Crippen molar-refractivity contribution in [2.24, 2.45) is 5.73 Å². The van der Waals surface area contributed by atoms with Gasteiger partial charge < -0.3 is 15.6 Å². The number of aliphatic hydroxyl groups is 1. The van der Waals surface area contributed by atoms with E-state index in [1.165, 1.54) is 0 Å². The van der Waals surface area contributed by atoms with Gasteiger partial charge >= 0.3 is 0 Å². The number of ether oxygens (including phenoxy) is 1. The Morgan fingerprint density at radius 1 is 1.64 bits per heavy atom. The fourth-order valence-corrected chi connectivity index (χ4v) is 0.823. The smallest absolute Gasteiger partial charge is 0.135 e. The van der Waals surface area contributed by atoms with Crippen LogP contribution in [-0.4, -0.2) is 24.4 Å². The van der Waals surface area contributed by atoms with E-state index in [1.54, 1.807) is 0 Å². The van der Waals surface area contributed by atoms with Crippen LogP contribution < -0.4 is 5.73 Å². The number of allylic oxidation sites excluding steroid dienone is 3. The molecule has 0 rings (SSSR count). The molecular formula is C9H13BrFNO2. The first-order valence-electron chi connectivity index (χ1n) is 3.89. The number of rotatable bonds is 6. The maximum Gasteiger partial charge on any atom is 0.135 e. The van der Waals surface area contributed by atoms with Gasteiger partial charge in [-0.1, -0.05) is 13.2 Å². The van der Waals surface area contributed by atoms with Crippen LogP contribution in [-0.2, 0) is 4.74 Å². The van der Waals surface area contributed by atoms with Gasteiger partial charge in [0.1, 0.15) is 24.3 Å². The zero-order chi connectivity index (χ0) is 11.1. The summed E-state index contributed by atoms with van der Waals surface area (Å²) in [7, 11) is 0. The van der Waals surface area contributed by atoms with Gasteiger partial charge in [0.25, 0.3) is 0 Å². The minimum atomic E-state index is -0.780. The predicted octanol–water partition coefficient (Wildman–Crippen LogP) is 1.60. The zero-order valence-electron chi connectivity index (χ0n) is 7.67. The van der Waals surface area contributed by atoms with Crippen molar-refractivity contribution < 1.29 is 14.2 Å². The topological polar surface area (TPSA) is 55.5 Å². The van der Waals surface area contributed by atoms with E-state index in [9.17, 15) is 4.39 Å². The Morgan fingerprint density at radius 3 is 2.57 bits per heavy atom. The fraction of sp³-hybridized carbons (Fsp3) is 0.333. The number of hydrogen-bond acceptors (Lipinski definition) is 3. The highest BCUT2D eigenvalue weighted by atomic mass is 79.9. The minimum Gasteiger partial charge on any atom is -0.490 e. The average Bonchev–Trinajstić information content (AvgIpc) is 2.10. The number of hydrogen-bond donors (Lipinski definition) is 2. The molecule has 0 aliphatic rings. The van der Waals surface area contributed by atoms with Crippen LogP contribution in [0.1, 0.15) is 0 Å². The molecular weight excluding hydrogens is 253 g/mol. The highest BCUT2D eigenvalue weighted by Crippen LogP contribution is 2.18. The van der Waals surface area contributed by atoms with Gasteiger partial charge in [0.15, 0.2) is 0 Å². The summed E-state index contributed by atoms with van der Waals surface area (Å²) in [6.07, 6.45) is 0.290. The van der Waals surface area contributed by atoms with Gasteiger partial charge in [-0.05, 0) is 15.9 Å². The molecule has 0 aliphatic carbocycles. The van der Waals surface area contributed by atoms with E-state index in [1.807, 2.05) is 0 Å². The Balaban J connectivity index is 4.26. The Kier molecular flexibility index (Phi) is 6.44. The molecule has 0 spiro atoms. The van der Waals surface area contributed by atoms with Gasteiger partial charge in [-0.3, -0.25) is 0 Å². The Morgan fingerprint density at radius 2 is 2.21 bits per heavy atom. The lowest BCUT2D eigenvalue weighted by atomic mass is 10.3. The Bertz CT molecular complexity index is 253. The molecule has 0 bridgehead atoms. The van der Waals surface area contributed by atoms with E-state index in [2.05, 4.69) is 29.1 Å². The molecule has 0 fully saturated rings. The molecule has 0 heterocycles. The summed E-state index contributed by atoms with van der Waals surface area (Å²) < 4.78 is 17.8. The van der Waals surface area contributed by atoms with Crippen molar-refractivity contribution in [2.45, 2.75) is 6.10 Å². The van der Waals surface area contributed by atoms with Gasteiger partial charge in [0, 0.05) is 12.6 Å². The molecule has 0 aromatic rings. The number of nitrogens with two attached hydrogens (primary N) is 1. The van der Waals surface area contributed by atoms with Crippen LogP contribution in [0.25, 0.3) is 0 Å². The van der Waals surface area contributed by atoms with E-state index >= 15 is 0 Å². The molecule has 1 unspecified atom stereocenters. The molecule has 0 saturated heterocycles. The molecule has 3 nitrogen and oxygen atoms in total. The monoisotopic (exact) mass is 265 g/mol. The third-order valence-corrected chi connectivity index (χ3v) is 1.65. The summed E-state index contributed by atoms with van der Waals surface area (Å²) in [5, 5.41) is 9.08. The molecule has 3 N–H and O–H groups in total. The van der Waals surface area contributed by atoms with Crippen LogP contribution in [0.15, 0.2) is 35.3 Å². The van der Waals surface area contributed by atoms with E-state index < -0.39 is 11.9 Å². The summed E-state index contributed by atoms with van der Waals surface area (Å²) in [6, 6.07) is 0. The van der Waals surface area contributed by atoms with Gasteiger partial charge in [-0.25, -0.2) is 4.39 Å². The van der Waals surface area contributed by atoms with Crippen molar-refractivity contribution in [3.63, 3.8) is 0 Å². The van der Waals surface area contributed by atoms with E-state index in [0.29, 0.717) is 4.48 Å². The van der Waals surface area contributed by atoms with Crippen molar-refractivity contribution in [1.82, 2.24) is 0 Å². The molecule has 0 aromatic heterocycles. The van der Waals surface area contributed by atoms with Gasteiger partial charge in [-0.2, -0.15) is 0 Å². The third-order valence-electron chi connectivity index (χ3n) is 1.26. The summed E-state index contributed by atoms with van der Waals surface area (Å²) in [5.74, 6) is -0.465. The molecule has 0 aromatic carbocycles. The first kappa shape index (κ1) is 13.4. The van der Waals surface area contributed by atoms with E-state index in [-0.39, 0.29) is 18.9 Å². The van der Waals surface area contributed by atoms with Crippen LogP contribution >= 0.6 is 15.9 Å². The first-order chi connectivity index (χ1) is 6.47. The lowest BCUT2D eigenvalue weighted by Gasteiger charge is -2.12. The summed E-state index contributed by atoms with van der Waals surface area (Å²) in [4.78, 5) is 0. The third kappa shape index (κ3) is 5.90. The Labute approximate surface area is 90.9 Å². The predicted molar refractivity (Wildman–Crippen MR) is 57.4 cm³/mol. The molecule has 0 radical (unpaired) electrons. The lowest BCUT2D eigenvalue weighted by molar-refractivity contribution is 0.0809. The van der Waals surface area contributed by atoms with Gasteiger partial charge in [0.2, 0.25) is 0 Å². The van der Waals surface area contributed by atoms with Crippen molar-refractivity contribution in [3.8, 4) is 0 Å². The van der Waals surface area contributed by atoms with Crippen molar-refractivity contribution in [1.29, 1.82) is 0 Å². The van der Waals surface area contributed by atoms with Crippen molar-refractivity contribution in [3.05, 3.63) is 35.3 Å². The quantitative estimate of drug-likeness (QED) is 0.567. The number of aliphatic hydroxyl groups excluding tert-OH is 1. The van der Waals surface area contributed by atoms with Crippen LogP contribution in [0.4, 0.5) is 4.39 Å². The minimum absolute atomic E-state index is 0.0137. The first-order valence-corrected chi connectivity index (χ1v) is 4.68. The number of halogens is 2. The lowest BCUT2D eigenvalue weighted by Crippen LogP contribution is -2.25. The van der Waals surface area contributed by atoms with Gasteiger partial charge in [0.05, 0.1) is 4.48 Å². The second-order valence-electron chi connectivity index (χ2n) is 2.56. The summed E-state index contributed by atoms with van der Waals surface area (Å²) in [6.45, 7) is 6.64. The molecule has 5 heteroatoms. The van der Waals surface area contributed by atoms with Crippen LogP contribution in [0.2, 0.25) is 0 Å². The maximum atomic E-state index is 12.4. The van der Waals surface area contributed by atoms with Crippen molar-refractivity contribution in [2.75, 3.05) is 13.2 Å². The molecule has 1 atom stereocenters. The molecule has 0 aliphatic heterocycles. The summed E-state index contributed by atoms with van der Waals surface area (Å²) in [5.41, 5.74) is 5.16. The second-order valence-corrected chi connectivity index (χ2v) is 3.52. The van der Waals surface area contributed by atoms with Crippen LogP contribution in [0.3, 0.4) is 0 Å². The van der Waals surface area contributed by atoms with Crippen molar-refractivity contribution >= 4 is 15.9 Å². The zero-order valence-corrected chi connectivity index (χ0v) is 9.26. The standard InChI is InChI=1S/C9H13BrFNO2/c1-6(11)3-9(7(2)10)14-5-8(13)4-12/h3,8,13H,1-2,4-5,12H2/b9-3+. The molecule has 80 valence electrons. The van der Waals surface area contributed by atoms with E-state index in [4.69, 9.17) is 15.6 Å². The van der Waals surface area contributed by atoms with Gasteiger partial charge in [-0.15, -0.1) is 0 Å². The van der Waals surface area contributed by atoms with Crippen LogP contribution in [0, 0.1) is 0 Å². The Hall–Kier alpha value is -0.650. The normalized spacial score (nSPS) is 13.6. The average molecular weight is 266 g/mol. The molecule has 0 amide bonds. The summed E-state index contributed by atoms with van der Waals surface area (Å²) >= 11 is 3.03. The molecule has 14 heavy (non-hydrogen) atoms. The van der Waals surface area contributed by atoms with E-state index in [0.717, 1.165) is 6.08 Å². The van der Waals surface area contributed by atoms with Crippen LogP contribution in [0.5, 0.6) is 0 Å². The SMILES string of the molecule is C=C(F)/C=C(/OCC(O)CN)C(=C)Br. The molecule has 0 saturated carbocycles. The largest absolute Gasteiger partial charge is 0.490 e. The fourth-order valence-electron chi connectivity index (χ4n) is 0.595. The highest BCUT2D eigenvalue weighted by molar-refractivity contribution is 9.11.